The largest absolute Gasteiger partial charge is 0.469 e. The summed E-state index contributed by atoms with van der Waals surface area (Å²) in [6.45, 7) is 5.72. The van der Waals surface area contributed by atoms with E-state index in [0.717, 1.165) is 10.7 Å². The molecule has 0 N–H and O–H groups in total. The summed E-state index contributed by atoms with van der Waals surface area (Å²) in [5, 5.41) is 5.32. The quantitative estimate of drug-likeness (QED) is 0.598. The lowest BCUT2D eigenvalue weighted by Gasteiger charge is -2.20. The lowest BCUT2D eigenvalue weighted by molar-refractivity contribution is -0.149. The number of aromatic nitrogens is 2. The Labute approximate surface area is 100 Å². The molecule has 0 spiro atoms. The van der Waals surface area contributed by atoms with Gasteiger partial charge in [0.2, 0.25) is 0 Å². The molecule has 90 valence electrons. The van der Waals surface area contributed by atoms with Crippen molar-refractivity contribution in [3.63, 3.8) is 0 Å². The van der Waals surface area contributed by atoms with Crippen LogP contribution in [0.25, 0.3) is 0 Å². The van der Waals surface area contributed by atoms with E-state index in [4.69, 9.17) is 4.74 Å². The molecule has 0 atom stereocenters. The Hall–Kier alpha value is -0.970. The fourth-order valence-electron chi connectivity index (χ4n) is 1.31. The van der Waals surface area contributed by atoms with Crippen LogP contribution in [0.5, 0.6) is 0 Å². The van der Waals surface area contributed by atoms with Gasteiger partial charge in [0.15, 0.2) is 0 Å². The SMILES string of the molecule is COC(=O)C(C)(C)CSc1cc(C)nn1C. The van der Waals surface area contributed by atoms with Gasteiger partial charge >= 0.3 is 5.97 Å². The highest BCUT2D eigenvalue weighted by Crippen LogP contribution is 2.28. The summed E-state index contributed by atoms with van der Waals surface area (Å²) >= 11 is 1.62. The molecule has 0 aliphatic carbocycles. The maximum atomic E-state index is 11.5. The summed E-state index contributed by atoms with van der Waals surface area (Å²) in [6.07, 6.45) is 0. The highest BCUT2D eigenvalue weighted by molar-refractivity contribution is 7.99. The molecule has 1 aromatic rings. The number of rotatable bonds is 4. The lowest BCUT2D eigenvalue weighted by Crippen LogP contribution is -2.28. The molecule has 0 radical (unpaired) electrons. The van der Waals surface area contributed by atoms with Gasteiger partial charge in [-0.2, -0.15) is 5.10 Å². The van der Waals surface area contributed by atoms with E-state index in [1.165, 1.54) is 7.11 Å². The first-order valence-corrected chi connectivity index (χ1v) is 6.07. The van der Waals surface area contributed by atoms with Crippen LogP contribution >= 0.6 is 11.8 Å². The van der Waals surface area contributed by atoms with Crippen LogP contribution in [-0.4, -0.2) is 28.6 Å². The average molecular weight is 242 g/mol. The van der Waals surface area contributed by atoms with Crippen molar-refractivity contribution >= 4 is 17.7 Å². The number of hydrogen-bond acceptors (Lipinski definition) is 4. The van der Waals surface area contributed by atoms with Crippen molar-refractivity contribution in [1.82, 2.24) is 9.78 Å². The molecule has 0 amide bonds. The molecule has 0 saturated carbocycles. The predicted molar refractivity (Wildman–Crippen MR) is 64.5 cm³/mol. The lowest BCUT2D eigenvalue weighted by atomic mass is 9.97. The Bertz CT molecular complexity index is 385. The van der Waals surface area contributed by atoms with Crippen LogP contribution in [0, 0.1) is 12.3 Å². The van der Waals surface area contributed by atoms with Gasteiger partial charge in [-0.25, -0.2) is 0 Å². The summed E-state index contributed by atoms with van der Waals surface area (Å²) in [5.74, 6) is 0.498. The van der Waals surface area contributed by atoms with Gasteiger partial charge in [-0.05, 0) is 26.8 Å². The summed E-state index contributed by atoms with van der Waals surface area (Å²) in [6, 6.07) is 2.01. The highest BCUT2D eigenvalue weighted by Gasteiger charge is 2.29. The molecule has 4 nitrogen and oxygen atoms in total. The highest BCUT2D eigenvalue weighted by atomic mass is 32.2. The molecular formula is C11H18N2O2S. The predicted octanol–water partition coefficient (Wildman–Crippen LogP) is 2.02. The third-order valence-corrected chi connectivity index (χ3v) is 3.82. The van der Waals surface area contributed by atoms with Crippen molar-refractivity contribution in [2.24, 2.45) is 12.5 Å². The van der Waals surface area contributed by atoms with Crippen molar-refractivity contribution in [2.75, 3.05) is 12.9 Å². The minimum absolute atomic E-state index is 0.182. The van der Waals surface area contributed by atoms with Gasteiger partial charge in [-0.15, -0.1) is 11.8 Å². The molecule has 0 saturated heterocycles. The third-order valence-electron chi connectivity index (χ3n) is 2.28. The maximum absolute atomic E-state index is 11.5. The Morgan fingerprint density at radius 3 is 2.69 bits per heavy atom. The van der Waals surface area contributed by atoms with Gasteiger partial charge in [0.1, 0.15) is 0 Å². The van der Waals surface area contributed by atoms with E-state index in [1.54, 1.807) is 11.8 Å². The fraction of sp³-hybridized carbons (Fsp3) is 0.636. The molecular weight excluding hydrogens is 224 g/mol. The van der Waals surface area contributed by atoms with Gasteiger partial charge in [0.05, 0.1) is 23.2 Å². The maximum Gasteiger partial charge on any atom is 0.312 e. The van der Waals surface area contributed by atoms with Gasteiger partial charge in [-0.1, -0.05) is 0 Å². The van der Waals surface area contributed by atoms with E-state index in [0.29, 0.717) is 5.75 Å². The minimum Gasteiger partial charge on any atom is -0.469 e. The normalized spacial score (nSPS) is 11.6. The number of methoxy groups -OCH3 is 1. The average Bonchev–Trinajstić information content (AvgIpc) is 2.53. The monoisotopic (exact) mass is 242 g/mol. The van der Waals surface area contributed by atoms with Crippen LogP contribution in [0.2, 0.25) is 0 Å². The molecule has 0 aliphatic rings. The molecule has 16 heavy (non-hydrogen) atoms. The zero-order chi connectivity index (χ0) is 12.3. The van der Waals surface area contributed by atoms with Crippen molar-refractivity contribution in [2.45, 2.75) is 25.8 Å². The number of thioether (sulfide) groups is 1. The minimum atomic E-state index is -0.475. The van der Waals surface area contributed by atoms with Gasteiger partial charge < -0.3 is 4.74 Å². The van der Waals surface area contributed by atoms with E-state index in [9.17, 15) is 4.79 Å². The van der Waals surface area contributed by atoms with E-state index in [-0.39, 0.29) is 5.97 Å². The molecule has 5 heteroatoms. The first-order chi connectivity index (χ1) is 7.36. The molecule has 1 rings (SSSR count). The van der Waals surface area contributed by atoms with Crippen molar-refractivity contribution in [3.05, 3.63) is 11.8 Å². The Morgan fingerprint density at radius 2 is 2.25 bits per heavy atom. The number of carbonyl (C=O) groups excluding carboxylic acids is 1. The first-order valence-electron chi connectivity index (χ1n) is 5.08. The summed E-state index contributed by atoms with van der Waals surface area (Å²) < 4.78 is 6.59. The fourth-order valence-corrected chi connectivity index (χ4v) is 2.42. The number of aryl methyl sites for hydroxylation is 2. The standard InChI is InChI=1S/C11H18N2O2S/c1-8-6-9(13(4)12-8)16-7-11(2,3)10(14)15-5/h6H,7H2,1-5H3. The molecule has 0 aromatic carbocycles. The molecule has 0 unspecified atom stereocenters. The Morgan fingerprint density at radius 1 is 1.62 bits per heavy atom. The van der Waals surface area contributed by atoms with Crippen LogP contribution in [0.15, 0.2) is 11.1 Å². The number of ether oxygens (including phenoxy) is 1. The van der Waals surface area contributed by atoms with Crippen LogP contribution in [0.1, 0.15) is 19.5 Å². The number of esters is 1. The van der Waals surface area contributed by atoms with E-state index in [1.807, 2.05) is 38.6 Å². The zero-order valence-corrected chi connectivity index (χ0v) is 11.2. The topological polar surface area (TPSA) is 44.1 Å². The Kier molecular flexibility index (Phi) is 4.02. The van der Waals surface area contributed by atoms with Crippen molar-refractivity contribution < 1.29 is 9.53 Å². The van der Waals surface area contributed by atoms with Gasteiger partial charge in [0.25, 0.3) is 0 Å². The smallest absolute Gasteiger partial charge is 0.312 e. The molecule has 1 aromatic heterocycles. The van der Waals surface area contributed by atoms with E-state index >= 15 is 0 Å². The number of nitrogens with zero attached hydrogens (tertiary/aromatic N) is 2. The van der Waals surface area contributed by atoms with Gasteiger partial charge in [0, 0.05) is 12.8 Å². The van der Waals surface area contributed by atoms with E-state index in [2.05, 4.69) is 5.10 Å². The third kappa shape index (κ3) is 3.01. The van der Waals surface area contributed by atoms with Crippen LogP contribution in [-0.2, 0) is 16.6 Å². The summed E-state index contributed by atoms with van der Waals surface area (Å²) in [4.78, 5) is 11.5. The van der Waals surface area contributed by atoms with Crippen molar-refractivity contribution in [3.8, 4) is 0 Å². The Balaban J connectivity index is 2.64. The second-order valence-electron chi connectivity index (χ2n) is 4.41. The second-order valence-corrected chi connectivity index (χ2v) is 5.41. The molecule has 0 fully saturated rings. The second kappa shape index (κ2) is 4.91. The van der Waals surface area contributed by atoms with E-state index < -0.39 is 5.41 Å². The first kappa shape index (κ1) is 13.1. The number of carbonyl (C=O) groups is 1. The number of hydrogen-bond donors (Lipinski definition) is 0. The summed E-state index contributed by atoms with van der Waals surface area (Å²) in [5.41, 5.74) is 0.512. The summed E-state index contributed by atoms with van der Waals surface area (Å²) in [7, 11) is 3.32. The van der Waals surface area contributed by atoms with Crippen molar-refractivity contribution in [1.29, 1.82) is 0 Å². The molecule has 1 heterocycles. The van der Waals surface area contributed by atoms with Crippen LogP contribution < -0.4 is 0 Å². The zero-order valence-electron chi connectivity index (χ0n) is 10.4. The van der Waals surface area contributed by atoms with Crippen LogP contribution in [0.4, 0.5) is 0 Å². The molecule has 0 aliphatic heterocycles. The van der Waals surface area contributed by atoms with Crippen LogP contribution in [0.3, 0.4) is 0 Å². The van der Waals surface area contributed by atoms with Gasteiger partial charge in [-0.3, -0.25) is 9.48 Å². The molecule has 0 bridgehead atoms.